The van der Waals surface area contributed by atoms with Gasteiger partial charge in [0, 0.05) is 44.3 Å². The van der Waals surface area contributed by atoms with Crippen molar-refractivity contribution in [2.24, 2.45) is 11.8 Å². The molecule has 0 aromatic heterocycles. The monoisotopic (exact) mass is 506 g/mol. The number of carbonyl (C=O) groups is 2. The molecule has 0 spiro atoms. The molecule has 2 aromatic carbocycles. The van der Waals surface area contributed by atoms with Crippen LogP contribution in [-0.4, -0.2) is 41.5 Å². The molecule has 0 saturated carbocycles. The molecule has 2 aromatic rings. The van der Waals surface area contributed by atoms with Crippen LogP contribution < -0.4 is 5.32 Å². The van der Waals surface area contributed by atoms with E-state index in [-0.39, 0.29) is 30.1 Å². The minimum Gasteiger partial charge on any atom is -0.481 e. The minimum atomic E-state index is -0.791. The highest BCUT2D eigenvalue weighted by Gasteiger charge is 2.33. The molecule has 198 valence electrons. The van der Waals surface area contributed by atoms with Crippen molar-refractivity contribution in [3.63, 3.8) is 0 Å². The third-order valence-corrected chi connectivity index (χ3v) is 7.88. The zero-order chi connectivity index (χ0) is 26.2. The second-order valence-corrected chi connectivity index (χ2v) is 10.5. The number of nitrogens with one attached hydrogen (secondary N) is 1. The van der Waals surface area contributed by atoms with Crippen LogP contribution in [0.4, 0.5) is 4.39 Å². The number of rotatable bonds is 11. The molecule has 1 heterocycles. The number of halogens is 1. The summed E-state index contributed by atoms with van der Waals surface area (Å²) in [5, 5.41) is 15.0. The van der Waals surface area contributed by atoms with E-state index in [9.17, 15) is 14.0 Å². The average Bonchev–Trinajstić information content (AvgIpc) is 2.90. The number of likely N-dealkylation sites (tertiary alicyclic amines) is 1. The number of allylic oxidation sites excluding steroid dienone is 3. The normalized spacial score (nSPS) is 20.9. The van der Waals surface area contributed by atoms with Gasteiger partial charge >= 0.3 is 5.97 Å². The summed E-state index contributed by atoms with van der Waals surface area (Å²) >= 11 is 0. The molecule has 0 radical (unpaired) electrons. The van der Waals surface area contributed by atoms with Crippen LogP contribution in [0.5, 0.6) is 0 Å². The van der Waals surface area contributed by atoms with Gasteiger partial charge in [0.15, 0.2) is 0 Å². The smallest absolute Gasteiger partial charge is 0.303 e. The molecule has 2 unspecified atom stereocenters. The van der Waals surface area contributed by atoms with E-state index < -0.39 is 5.97 Å². The van der Waals surface area contributed by atoms with Crippen molar-refractivity contribution in [1.29, 1.82) is 0 Å². The second-order valence-electron chi connectivity index (χ2n) is 10.5. The Balaban J connectivity index is 1.40. The Morgan fingerprint density at radius 2 is 1.89 bits per heavy atom. The highest BCUT2D eigenvalue weighted by Crippen LogP contribution is 2.35. The van der Waals surface area contributed by atoms with Gasteiger partial charge in [-0.1, -0.05) is 55.0 Å². The molecule has 4 rings (SSSR count). The van der Waals surface area contributed by atoms with Gasteiger partial charge in [-0.3, -0.25) is 9.59 Å². The Labute approximate surface area is 219 Å². The Kier molecular flexibility index (Phi) is 9.51. The van der Waals surface area contributed by atoms with E-state index in [0.717, 1.165) is 25.0 Å². The first-order chi connectivity index (χ1) is 17.9. The fourth-order valence-electron chi connectivity index (χ4n) is 5.75. The first-order valence-corrected chi connectivity index (χ1v) is 13.7. The minimum absolute atomic E-state index is 0.0739. The molecular weight excluding hydrogens is 467 g/mol. The molecule has 37 heavy (non-hydrogen) atoms. The maximum absolute atomic E-state index is 14.2. The molecule has 1 aliphatic heterocycles. The quantitative estimate of drug-likeness (QED) is 0.339. The predicted octanol–water partition coefficient (Wildman–Crippen LogP) is 6.56. The number of fused-ring (bicyclic) bond motifs is 1. The number of nitrogens with zero attached hydrogens (tertiary/aromatic N) is 1. The summed E-state index contributed by atoms with van der Waals surface area (Å²) in [7, 11) is 0. The van der Waals surface area contributed by atoms with Gasteiger partial charge in [-0.2, -0.15) is 0 Å². The largest absolute Gasteiger partial charge is 0.481 e. The summed E-state index contributed by atoms with van der Waals surface area (Å²) in [6.45, 7) is 4.32. The van der Waals surface area contributed by atoms with Crippen molar-refractivity contribution in [1.82, 2.24) is 10.2 Å². The molecule has 0 bridgehead atoms. The standard InChI is InChI=1S/C31H39FN2O3/c1-22(27-14-8-10-23-9-5-6-13-28(23)27)33-20-25-17-18-34(30(35)15-3-2-4-16-31(36)37)21-29(25)24-11-7-12-26(32)19-24/h5-6,8-11,13-14,19,22,25,29,33H,2-4,7,12,15-18,20-21H2,1H3,(H,36,37)/t22-,25?,29?/m1/s1. The van der Waals surface area contributed by atoms with E-state index in [0.29, 0.717) is 51.1 Å². The number of amides is 1. The van der Waals surface area contributed by atoms with Crippen molar-refractivity contribution in [2.45, 2.75) is 64.3 Å². The molecule has 1 fully saturated rings. The summed E-state index contributed by atoms with van der Waals surface area (Å²) in [6.07, 6.45) is 8.51. The lowest BCUT2D eigenvalue weighted by Crippen LogP contribution is -2.47. The number of carbonyl (C=O) groups excluding carboxylic acids is 1. The van der Waals surface area contributed by atoms with E-state index in [4.69, 9.17) is 5.11 Å². The fourth-order valence-corrected chi connectivity index (χ4v) is 5.75. The third kappa shape index (κ3) is 7.29. The topological polar surface area (TPSA) is 69.6 Å². The maximum Gasteiger partial charge on any atom is 0.303 e. The van der Waals surface area contributed by atoms with Crippen LogP contribution in [0.3, 0.4) is 0 Å². The van der Waals surface area contributed by atoms with Gasteiger partial charge in [-0.05, 0) is 73.1 Å². The lowest BCUT2D eigenvalue weighted by Gasteiger charge is -2.40. The average molecular weight is 507 g/mol. The van der Waals surface area contributed by atoms with Gasteiger partial charge in [0.2, 0.25) is 5.91 Å². The molecule has 1 aliphatic carbocycles. The first kappa shape index (κ1) is 27.1. The predicted molar refractivity (Wildman–Crippen MR) is 146 cm³/mol. The molecule has 2 N–H and O–H groups in total. The SMILES string of the molecule is C[C@@H](NCC1CCN(C(=O)CCCCCC(=O)O)CC1C1=CCCC(F)=C1)c1cccc2ccccc12. The van der Waals surface area contributed by atoms with Crippen molar-refractivity contribution < 1.29 is 19.1 Å². The van der Waals surface area contributed by atoms with E-state index in [2.05, 4.69) is 60.8 Å². The third-order valence-electron chi connectivity index (χ3n) is 7.88. The van der Waals surface area contributed by atoms with Crippen LogP contribution >= 0.6 is 0 Å². The van der Waals surface area contributed by atoms with E-state index >= 15 is 0 Å². The molecule has 3 atom stereocenters. The van der Waals surface area contributed by atoms with Crippen LogP contribution in [0.15, 0.2) is 66.0 Å². The Morgan fingerprint density at radius 3 is 2.70 bits per heavy atom. The lowest BCUT2D eigenvalue weighted by molar-refractivity contribution is -0.137. The number of aliphatic carboxylic acids is 1. The summed E-state index contributed by atoms with van der Waals surface area (Å²) in [4.78, 5) is 25.6. The van der Waals surface area contributed by atoms with Crippen LogP contribution in [0.1, 0.15) is 69.9 Å². The van der Waals surface area contributed by atoms with Gasteiger partial charge in [0.25, 0.3) is 0 Å². The second kappa shape index (κ2) is 13.0. The van der Waals surface area contributed by atoms with E-state index in [1.807, 2.05) is 4.90 Å². The number of hydrogen-bond donors (Lipinski definition) is 2. The Bertz CT molecular complexity index is 1150. The van der Waals surface area contributed by atoms with Gasteiger partial charge in [-0.15, -0.1) is 0 Å². The van der Waals surface area contributed by atoms with E-state index in [1.165, 1.54) is 16.3 Å². The van der Waals surface area contributed by atoms with Crippen LogP contribution in [0.2, 0.25) is 0 Å². The summed E-state index contributed by atoms with van der Waals surface area (Å²) in [6, 6.07) is 15.0. The highest BCUT2D eigenvalue weighted by atomic mass is 19.1. The zero-order valence-electron chi connectivity index (χ0n) is 21.8. The number of carboxylic acids is 1. The highest BCUT2D eigenvalue weighted by molar-refractivity contribution is 5.86. The van der Waals surface area contributed by atoms with Crippen LogP contribution in [0, 0.1) is 11.8 Å². The number of benzene rings is 2. The maximum atomic E-state index is 14.2. The number of unbranched alkanes of at least 4 members (excludes halogenated alkanes) is 2. The number of carboxylic acid groups (broad SMARTS) is 1. The Hall–Kier alpha value is -2.99. The van der Waals surface area contributed by atoms with E-state index in [1.54, 1.807) is 6.08 Å². The van der Waals surface area contributed by atoms with Gasteiger partial charge in [0.05, 0.1) is 0 Å². The van der Waals surface area contributed by atoms with Crippen molar-refractivity contribution >= 4 is 22.6 Å². The Morgan fingerprint density at radius 1 is 1.11 bits per heavy atom. The molecule has 2 aliphatic rings. The fraction of sp³-hybridized carbons (Fsp3) is 0.484. The molecule has 1 saturated heterocycles. The van der Waals surface area contributed by atoms with Crippen molar-refractivity contribution in [2.75, 3.05) is 19.6 Å². The molecule has 6 heteroatoms. The summed E-state index contributed by atoms with van der Waals surface area (Å²) in [5.74, 6) is -0.332. The lowest BCUT2D eigenvalue weighted by atomic mass is 9.78. The molecule has 5 nitrogen and oxygen atoms in total. The van der Waals surface area contributed by atoms with Gasteiger partial charge in [0.1, 0.15) is 5.83 Å². The number of hydrogen-bond acceptors (Lipinski definition) is 3. The summed E-state index contributed by atoms with van der Waals surface area (Å²) in [5.41, 5.74) is 2.29. The zero-order valence-corrected chi connectivity index (χ0v) is 21.8. The molecule has 1 amide bonds. The first-order valence-electron chi connectivity index (χ1n) is 13.7. The summed E-state index contributed by atoms with van der Waals surface area (Å²) < 4.78 is 14.2. The van der Waals surface area contributed by atoms with Crippen LogP contribution in [0.25, 0.3) is 10.8 Å². The van der Waals surface area contributed by atoms with Crippen LogP contribution in [-0.2, 0) is 9.59 Å². The molecular formula is C31H39FN2O3. The number of piperidine rings is 1. The van der Waals surface area contributed by atoms with Crippen molar-refractivity contribution in [3.8, 4) is 0 Å². The van der Waals surface area contributed by atoms with Gasteiger partial charge in [-0.25, -0.2) is 4.39 Å². The van der Waals surface area contributed by atoms with Gasteiger partial charge < -0.3 is 15.3 Å². The van der Waals surface area contributed by atoms with Crippen molar-refractivity contribution in [3.05, 3.63) is 71.6 Å².